The highest BCUT2D eigenvalue weighted by molar-refractivity contribution is 5.91. The van der Waals surface area contributed by atoms with E-state index in [1.807, 2.05) is 11.5 Å². The zero-order valence-electron chi connectivity index (χ0n) is 13.8. The molecule has 25 heavy (non-hydrogen) atoms. The monoisotopic (exact) mass is 342 g/mol. The number of carbonyl (C=O) groups excluding carboxylic acids is 1. The Morgan fingerprint density at radius 1 is 1.36 bits per heavy atom. The summed E-state index contributed by atoms with van der Waals surface area (Å²) >= 11 is 0. The molecule has 4 rings (SSSR count). The molecule has 0 fully saturated rings. The van der Waals surface area contributed by atoms with Crippen LogP contribution in [0.25, 0.3) is 11.1 Å². The molecule has 9 nitrogen and oxygen atoms in total. The number of rotatable bonds is 4. The summed E-state index contributed by atoms with van der Waals surface area (Å²) in [4.78, 5) is 23.8. The van der Waals surface area contributed by atoms with Crippen LogP contribution in [0.15, 0.2) is 27.4 Å². The Morgan fingerprint density at radius 3 is 3.08 bits per heavy atom. The molecule has 2 amide bonds. The number of amides is 2. The summed E-state index contributed by atoms with van der Waals surface area (Å²) in [5.74, 6) is 1.32. The molecule has 0 atom stereocenters. The molecule has 0 aliphatic carbocycles. The molecule has 2 N–H and O–H groups in total. The maximum atomic E-state index is 12.1. The first-order chi connectivity index (χ1) is 12.2. The maximum Gasteiger partial charge on any atom is 0.419 e. The minimum Gasteiger partial charge on any atom is -0.408 e. The molecule has 9 heteroatoms. The van der Waals surface area contributed by atoms with Crippen LogP contribution in [0.2, 0.25) is 0 Å². The average molecular weight is 342 g/mol. The standard InChI is InChI=1S/C16H18N6O3/c1-2-21-11-6-5-10(8-12(11)25-16(21)24)18-15(23)17-9-14-20-19-13-4-3-7-22(13)14/h5-6,8H,2-4,7,9H2,1H3,(H2,17,18,23). The van der Waals surface area contributed by atoms with E-state index < -0.39 is 5.76 Å². The van der Waals surface area contributed by atoms with Gasteiger partial charge in [-0.2, -0.15) is 0 Å². The van der Waals surface area contributed by atoms with Gasteiger partial charge in [-0.25, -0.2) is 9.59 Å². The molecule has 0 radical (unpaired) electrons. The van der Waals surface area contributed by atoms with Gasteiger partial charge in [0, 0.05) is 31.3 Å². The van der Waals surface area contributed by atoms with Crippen LogP contribution >= 0.6 is 0 Å². The Balaban J connectivity index is 1.43. The molecule has 0 spiro atoms. The van der Waals surface area contributed by atoms with E-state index in [4.69, 9.17) is 4.42 Å². The van der Waals surface area contributed by atoms with Crippen molar-refractivity contribution in [3.63, 3.8) is 0 Å². The molecule has 1 aliphatic rings. The Labute approximate surface area is 142 Å². The SMILES string of the molecule is CCn1c(=O)oc2cc(NC(=O)NCc3nnc4n3CCC4)ccc21. The van der Waals surface area contributed by atoms with E-state index in [0.29, 0.717) is 29.9 Å². The molecular weight excluding hydrogens is 324 g/mol. The lowest BCUT2D eigenvalue weighted by molar-refractivity contribution is 0.251. The summed E-state index contributed by atoms with van der Waals surface area (Å²) in [5, 5.41) is 13.7. The summed E-state index contributed by atoms with van der Waals surface area (Å²) < 4.78 is 8.76. The number of anilines is 1. The summed E-state index contributed by atoms with van der Waals surface area (Å²) in [7, 11) is 0. The molecular formula is C16H18N6O3. The number of nitrogens with zero attached hydrogens (tertiary/aromatic N) is 4. The van der Waals surface area contributed by atoms with E-state index in [-0.39, 0.29) is 6.03 Å². The molecule has 3 aromatic rings. The van der Waals surface area contributed by atoms with E-state index in [9.17, 15) is 9.59 Å². The van der Waals surface area contributed by atoms with Crippen molar-refractivity contribution in [1.82, 2.24) is 24.6 Å². The van der Waals surface area contributed by atoms with Crippen molar-refractivity contribution in [2.45, 2.75) is 39.4 Å². The smallest absolute Gasteiger partial charge is 0.408 e. The highest BCUT2D eigenvalue weighted by atomic mass is 16.4. The van der Waals surface area contributed by atoms with Crippen LogP contribution in [0, 0.1) is 0 Å². The van der Waals surface area contributed by atoms with E-state index >= 15 is 0 Å². The first-order valence-corrected chi connectivity index (χ1v) is 8.25. The topological polar surface area (TPSA) is 107 Å². The second-order valence-electron chi connectivity index (χ2n) is 5.89. The van der Waals surface area contributed by atoms with Gasteiger partial charge in [-0.05, 0) is 25.5 Å². The quantitative estimate of drug-likeness (QED) is 0.747. The number of hydrogen-bond acceptors (Lipinski definition) is 5. The van der Waals surface area contributed by atoms with Crippen LogP contribution in [0.1, 0.15) is 25.0 Å². The third-order valence-electron chi connectivity index (χ3n) is 4.34. The largest absolute Gasteiger partial charge is 0.419 e. The Bertz CT molecular complexity index is 999. The number of nitrogens with one attached hydrogen (secondary N) is 2. The summed E-state index contributed by atoms with van der Waals surface area (Å²) in [6.07, 6.45) is 1.99. The van der Waals surface area contributed by atoms with E-state index in [1.54, 1.807) is 18.2 Å². The lowest BCUT2D eigenvalue weighted by atomic mass is 10.3. The predicted octanol–water partition coefficient (Wildman–Crippen LogP) is 1.47. The highest BCUT2D eigenvalue weighted by Crippen LogP contribution is 2.18. The average Bonchev–Trinajstić information content (AvgIpc) is 3.26. The molecule has 1 aromatic carbocycles. The van der Waals surface area contributed by atoms with Gasteiger partial charge in [0.15, 0.2) is 11.4 Å². The van der Waals surface area contributed by atoms with Gasteiger partial charge < -0.3 is 19.6 Å². The molecule has 1 aliphatic heterocycles. The Morgan fingerprint density at radius 2 is 2.24 bits per heavy atom. The van der Waals surface area contributed by atoms with E-state index in [2.05, 4.69) is 20.8 Å². The lowest BCUT2D eigenvalue weighted by Gasteiger charge is -2.08. The number of benzene rings is 1. The number of carbonyl (C=O) groups is 1. The first kappa shape index (κ1) is 15.4. The normalized spacial score (nSPS) is 13.2. The van der Waals surface area contributed by atoms with Crippen molar-refractivity contribution in [2.24, 2.45) is 0 Å². The minimum atomic E-state index is -0.403. The molecule has 0 saturated heterocycles. The molecule has 0 bridgehead atoms. The number of oxazole rings is 1. The van der Waals surface area contributed by atoms with Crippen molar-refractivity contribution in [1.29, 1.82) is 0 Å². The van der Waals surface area contributed by atoms with Gasteiger partial charge in [0.25, 0.3) is 0 Å². The third kappa shape index (κ3) is 2.77. The van der Waals surface area contributed by atoms with Crippen molar-refractivity contribution in [2.75, 3.05) is 5.32 Å². The zero-order valence-corrected chi connectivity index (χ0v) is 13.8. The third-order valence-corrected chi connectivity index (χ3v) is 4.34. The summed E-state index contributed by atoms with van der Waals surface area (Å²) in [6, 6.07) is 4.77. The summed E-state index contributed by atoms with van der Waals surface area (Å²) in [6.45, 7) is 3.60. The molecule has 2 aromatic heterocycles. The van der Waals surface area contributed by atoms with Crippen LogP contribution in [0.4, 0.5) is 10.5 Å². The van der Waals surface area contributed by atoms with Crippen LogP contribution in [0.5, 0.6) is 0 Å². The lowest BCUT2D eigenvalue weighted by Crippen LogP contribution is -2.29. The molecule has 0 unspecified atom stereocenters. The predicted molar refractivity (Wildman–Crippen MR) is 90.3 cm³/mol. The second kappa shape index (κ2) is 6.08. The fourth-order valence-electron chi connectivity index (χ4n) is 3.12. The van der Waals surface area contributed by atoms with Gasteiger partial charge in [0.2, 0.25) is 0 Å². The highest BCUT2D eigenvalue weighted by Gasteiger charge is 2.17. The van der Waals surface area contributed by atoms with Gasteiger partial charge in [0.1, 0.15) is 5.82 Å². The van der Waals surface area contributed by atoms with Gasteiger partial charge >= 0.3 is 11.8 Å². The van der Waals surface area contributed by atoms with Gasteiger partial charge in [-0.3, -0.25) is 4.57 Å². The molecule has 3 heterocycles. The van der Waals surface area contributed by atoms with Crippen molar-refractivity contribution < 1.29 is 9.21 Å². The number of fused-ring (bicyclic) bond motifs is 2. The van der Waals surface area contributed by atoms with Crippen LogP contribution in [-0.2, 0) is 26.1 Å². The molecule has 0 saturated carbocycles. The van der Waals surface area contributed by atoms with Crippen LogP contribution < -0.4 is 16.4 Å². The first-order valence-electron chi connectivity index (χ1n) is 8.25. The number of urea groups is 1. The maximum absolute atomic E-state index is 12.1. The van der Waals surface area contributed by atoms with E-state index in [0.717, 1.165) is 31.0 Å². The van der Waals surface area contributed by atoms with Crippen molar-refractivity contribution in [3.05, 3.63) is 40.4 Å². The van der Waals surface area contributed by atoms with Gasteiger partial charge in [0.05, 0.1) is 12.1 Å². The fourth-order valence-corrected chi connectivity index (χ4v) is 3.12. The van der Waals surface area contributed by atoms with Gasteiger partial charge in [-0.15, -0.1) is 10.2 Å². The minimum absolute atomic E-state index is 0.308. The summed E-state index contributed by atoms with van der Waals surface area (Å²) in [5.41, 5.74) is 1.70. The second-order valence-corrected chi connectivity index (χ2v) is 5.89. The Hall–Kier alpha value is -3.10. The number of hydrogen-bond donors (Lipinski definition) is 2. The molecule has 130 valence electrons. The van der Waals surface area contributed by atoms with E-state index in [1.165, 1.54) is 4.57 Å². The number of aryl methyl sites for hydroxylation is 2. The van der Waals surface area contributed by atoms with Gasteiger partial charge in [-0.1, -0.05) is 0 Å². The Kier molecular flexibility index (Phi) is 3.75. The number of aromatic nitrogens is 4. The van der Waals surface area contributed by atoms with Crippen LogP contribution in [0.3, 0.4) is 0 Å². The van der Waals surface area contributed by atoms with Crippen LogP contribution in [-0.4, -0.2) is 25.4 Å². The van der Waals surface area contributed by atoms with Crippen molar-refractivity contribution in [3.8, 4) is 0 Å². The zero-order chi connectivity index (χ0) is 17.4. The van der Waals surface area contributed by atoms with Crippen molar-refractivity contribution >= 4 is 22.8 Å². The fraction of sp³-hybridized carbons (Fsp3) is 0.375.